The van der Waals surface area contributed by atoms with Crippen molar-refractivity contribution < 1.29 is 8.83 Å². The molecular formula is C48H43NO2. The molecule has 4 aliphatic rings. The Hall–Kier alpha value is -5.28. The summed E-state index contributed by atoms with van der Waals surface area (Å²) in [6, 6.07) is 33.7. The van der Waals surface area contributed by atoms with Crippen LogP contribution in [0.5, 0.6) is 0 Å². The van der Waals surface area contributed by atoms with Crippen molar-refractivity contribution in [2.75, 3.05) is 4.90 Å². The number of hydrogen-bond acceptors (Lipinski definition) is 3. The smallest absolute Gasteiger partial charge is 0.138 e. The summed E-state index contributed by atoms with van der Waals surface area (Å²) in [6.45, 7) is 0. The summed E-state index contributed by atoms with van der Waals surface area (Å²) in [7, 11) is 0. The van der Waals surface area contributed by atoms with Gasteiger partial charge < -0.3 is 13.7 Å². The molecule has 10 rings (SSSR count). The predicted octanol–water partition coefficient (Wildman–Crippen LogP) is 13.3. The van der Waals surface area contributed by atoms with E-state index in [2.05, 4.69) is 132 Å². The molecule has 51 heavy (non-hydrogen) atoms. The second kappa shape index (κ2) is 12.8. The molecule has 0 aliphatic heterocycles. The second-order valence-corrected chi connectivity index (χ2v) is 14.8. The summed E-state index contributed by atoms with van der Waals surface area (Å²) in [5, 5.41) is 2.42. The molecule has 6 aromatic rings. The number of fused-ring (bicyclic) bond motifs is 6. The van der Waals surface area contributed by atoms with Crippen LogP contribution in [0.4, 0.5) is 11.4 Å². The molecule has 0 radical (unpaired) electrons. The third-order valence-electron chi connectivity index (χ3n) is 11.7. The minimum atomic E-state index is 0.419. The van der Waals surface area contributed by atoms with Gasteiger partial charge in [-0.05, 0) is 111 Å². The fourth-order valence-electron chi connectivity index (χ4n) is 9.15. The number of aryl methyl sites for hydroxylation is 1. The number of furan rings is 2. The standard InChI is InChI=1S/C48H43NO2/c1-2-11-32(12-3-1)35-13-8-14-38(31-35)49(36-27-23-33(24-28-36)39-17-9-19-43-41-15-4-6-21-45(41)50-47(39)43)37-29-25-34(26-30-37)40-18-10-20-44-42-16-5-7-22-46(42)51-48(40)44/h2,4-6,8-9,11,13-19,21,25-27,29-33H,1,3,7,10,12,20,22-24,28H2. The van der Waals surface area contributed by atoms with Crippen LogP contribution in [-0.2, 0) is 12.8 Å². The summed E-state index contributed by atoms with van der Waals surface area (Å²) in [5.41, 5.74) is 13.8. The van der Waals surface area contributed by atoms with E-state index < -0.39 is 0 Å². The number of para-hydroxylation sites is 2. The first-order valence-corrected chi connectivity index (χ1v) is 19.1. The van der Waals surface area contributed by atoms with E-state index in [1.54, 1.807) is 0 Å². The van der Waals surface area contributed by atoms with Crippen molar-refractivity contribution in [1.29, 1.82) is 0 Å². The molecule has 0 fully saturated rings. The van der Waals surface area contributed by atoms with Crippen LogP contribution in [0.2, 0.25) is 0 Å². The maximum Gasteiger partial charge on any atom is 0.138 e. The van der Waals surface area contributed by atoms with Crippen molar-refractivity contribution in [1.82, 2.24) is 0 Å². The van der Waals surface area contributed by atoms with Crippen LogP contribution in [-0.4, -0.2) is 0 Å². The van der Waals surface area contributed by atoms with Gasteiger partial charge in [0.1, 0.15) is 22.7 Å². The fraction of sp³-hybridized carbons (Fsp3) is 0.250. The van der Waals surface area contributed by atoms with Crippen LogP contribution in [0.3, 0.4) is 0 Å². The van der Waals surface area contributed by atoms with Crippen molar-refractivity contribution in [2.24, 2.45) is 0 Å². The zero-order valence-electron chi connectivity index (χ0n) is 29.1. The first-order chi connectivity index (χ1) is 25.3. The Bertz CT molecular complexity index is 2390. The minimum Gasteiger partial charge on any atom is -0.460 e. The number of rotatable bonds is 6. The largest absolute Gasteiger partial charge is 0.460 e. The van der Waals surface area contributed by atoms with Gasteiger partial charge in [0.15, 0.2) is 0 Å². The summed E-state index contributed by atoms with van der Waals surface area (Å²) < 4.78 is 13.0. The summed E-state index contributed by atoms with van der Waals surface area (Å²) in [4.78, 5) is 2.52. The van der Waals surface area contributed by atoms with Gasteiger partial charge in [-0.25, -0.2) is 0 Å². The Morgan fingerprint density at radius 3 is 2.47 bits per heavy atom. The molecule has 0 bridgehead atoms. The molecule has 2 unspecified atom stereocenters. The third kappa shape index (κ3) is 5.42. The lowest BCUT2D eigenvalue weighted by Gasteiger charge is -2.33. The van der Waals surface area contributed by atoms with E-state index in [1.165, 1.54) is 80.5 Å². The highest BCUT2D eigenvalue weighted by atomic mass is 16.3. The second-order valence-electron chi connectivity index (χ2n) is 14.8. The van der Waals surface area contributed by atoms with E-state index in [0.29, 0.717) is 11.8 Å². The molecule has 0 saturated carbocycles. The number of nitrogens with zero attached hydrogens (tertiary/aromatic N) is 1. The zero-order chi connectivity index (χ0) is 33.7. The van der Waals surface area contributed by atoms with E-state index in [4.69, 9.17) is 8.83 Å². The summed E-state index contributed by atoms with van der Waals surface area (Å²) in [5.74, 6) is 3.14. The summed E-state index contributed by atoms with van der Waals surface area (Å²) >= 11 is 0. The van der Waals surface area contributed by atoms with Gasteiger partial charge >= 0.3 is 0 Å². The Balaban J connectivity index is 1.00. The van der Waals surface area contributed by atoms with Crippen LogP contribution in [0.25, 0.3) is 33.6 Å². The minimum absolute atomic E-state index is 0.419. The Kier molecular flexibility index (Phi) is 7.66. The molecular weight excluding hydrogens is 623 g/mol. The van der Waals surface area contributed by atoms with Crippen molar-refractivity contribution in [3.8, 4) is 0 Å². The molecule has 2 heterocycles. The Morgan fingerprint density at radius 2 is 1.59 bits per heavy atom. The molecule has 2 aromatic heterocycles. The first-order valence-electron chi connectivity index (χ1n) is 19.1. The number of benzene rings is 4. The quantitative estimate of drug-likeness (QED) is 0.166. The normalized spacial score (nSPS) is 19.8. The molecule has 3 nitrogen and oxygen atoms in total. The zero-order valence-corrected chi connectivity index (χ0v) is 29.1. The van der Waals surface area contributed by atoms with Crippen LogP contribution < -0.4 is 4.90 Å². The molecule has 2 atom stereocenters. The van der Waals surface area contributed by atoms with Gasteiger partial charge in [0.2, 0.25) is 0 Å². The van der Waals surface area contributed by atoms with E-state index in [9.17, 15) is 0 Å². The van der Waals surface area contributed by atoms with Crippen LogP contribution in [0, 0.1) is 0 Å². The molecule has 252 valence electrons. The molecule has 0 N–H and O–H groups in total. The third-order valence-corrected chi connectivity index (χ3v) is 11.7. The van der Waals surface area contributed by atoms with Gasteiger partial charge in [-0.15, -0.1) is 0 Å². The lowest BCUT2D eigenvalue weighted by Crippen LogP contribution is -2.20. The highest BCUT2D eigenvalue weighted by Gasteiger charge is 2.27. The lowest BCUT2D eigenvalue weighted by molar-refractivity contribution is 0.493. The van der Waals surface area contributed by atoms with Gasteiger partial charge in [0.05, 0.1) is 0 Å². The Morgan fingerprint density at radius 1 is 0.686 bits per heavy atom. The van der Waals surface area contributed by atoms with Crippen molar-refractivity contribution in [2.45, 2.75) is 76.0 Å². The molecule has 4 aromatic carbocycles. The predicted molar refractivity (Wildman–Crippen MR) is 211 cm³/mol. The van der Waals surface area contributed by atoms with Gasteiger partial charge in [0, 0.05) is 56.9 Å². The average Bonchev–Trinajstić information content (AvgIpc) is 3.78. The van der Waals surface area contributed by atoms with E-state index in [0.717, 1.165) is 67.6 Å². The summed E-state index contributed by atoms with van der Waals surface area (Å²) in [6.07, 6.45) is 25.1. The number of anilines is 2. The van der Waals surface area contributed by atoms with E-state index >= 15 is 0 Å². The van der Waals surface area contributed by atoms with Crippen LogP contribution in [0.1, 0.15) is 103 Å². The molecule has 3 heteroatoms. The monoisotopic (exact) mass is 665 g/mol. The maximum atomic E-state index is 6.55. The molecule has 4 aliphatic carbocycles. The highest BCUT2D eigenvalue weighted by Crippen LogP contribution is 2.44. The van der Waals surface area contributed by atoms with E-state index in [-0.39, 0.29) is 0 Å². The first kappa shape index (κ1) is 30.5. The number of hydrogen-bond donors (Lipinski definition) is 0. The molecule has 0 spiro atoms. The number of allylic oxidation sites excluding steroid dienone is 6. The highest BCUT2D eigenvalue weighted by molar-refractivity contribution is 6.06. The van der Waals surface area contributed by atoms with Crippen LogP contribution >= 0.6 is 0 Å². The van der Waals surface area contributed by atoms with Gasteiger partial charge in [-0.1, -0.05) is 97.1 Å². The van der Waals surface area contributed by atoms with E-state index in [1.807, 2.05) is 0 Å². The average molecular weight is 666 g/mol. The van der Waals surface area contributed by atoms with Gasteiger partial charge in [0.25, 0.3) is 0 Å². The van der Waals surface area contributed by atoms with Crippen molar-refractivity contribution in [3.05, 3.63) is 166 Å². The van der Waals surface area contributed by atoms with Crippen molar-refractivity contribution in [3.63, 3.8) is 0 Å². The van der Waals surface area contributed by atoms with Gasteiger partial charge in [-0.3, -0.25) is 0 Å². The molecule has 0 amide bonds. The van der Waals surface area contributed by atoms with Crippen molar-refractivity contribution >= 4 is 45.0 Å². The topological polar surface area (TPSA) is 29.5 Å². The fourth-order valence-corrected chi connectivity index (χ4v) is 9.15. The maximum absolute atomic E-state index is 6.55. The van der Waals surface area contributed by atoms with Crippen LogP contribution in [0.15, 0.2) is 136 Å². The SMILES string of the molecule is C1=CC(c2cccc(N(C3=CCC(c4cccc5c4oc4ccccc45)CC3)c3ccc(C4=CCCc5c4oc4c5C=CCC4)cc3)c2)CCC1. The Labute approximate surface area is 300 Å². The molecule has 0 saturated heterocycles. The van der Waals surface area contributed by atoms with Gasteiger partial charge in [-0.2, -0.15) is 0 Å². The lowest BCUT2D eigenvalue weighted by atomic mass is 9.85.